The lowest BCUT2D eigenvalue weighted by molar-refractivity contribution is -0.123. The fraction of sp³-hybridized carbons (Fsp3) is 0.481. The van der Waals surface area contributed by atoms with Gasteiger partial charge >= 0.3 is 0 Å². The van der Waals surface area contributed by atoms with Crippen LogP contribution in [0.4, 0.5) is 9.52 Å². The highest BCUT2D eigenvalue weighted by atomic mass is 32.2. The van der Waals surface area contributed by atoms with Crippen molar-refractivity contribution in [3.8, 4) is 0 Å². The summed E-state index contributed by atoms with van der Waals surface area (Å²) in [5, 5.41) is 0.696. The third-order valence-electron chi connectivity index (χ3n) is 7.36. The number of fused-ring (bicyclic) bond motifs is 1. The van der Waals surface area contributed by atoms with Crippen LogP contribution in [0.2, 0.25) is 0 Å². The van der Waals surface area contributed by atoms with Crippen molar-refractivity contribution in [1.29, 1.82) is 0 Å². The van der Waals surface area contributed by atoms with Gasteiger partial charge in [-0.3, -0.25) is 9.69 Å². The van der Waals surface area contributed by atoms with E-state index in [0.717, 1.165) is 47.5 Å². The molecule has 0 unspecified atom stereocenters. The monoisotopic (exact) mass is 546 g/mol. The molecule has 1 aromatic heterocycles. The van der Waals surface area contributed by atoms with Crippen LogP contribution < -0.4 is 4.90 Å². The van der Waals surface area contributed by atoms with Gasteiger partial charge in [-0.15, -0.1) is 0 Å². The number of carbonyl (C=O) groups excluding carboxylic acids is 1. The maximum atomic E-state index is 13.8. The first-order chi connectivity index (χ1) is 17.6. The molecule has 0 N–H and O–H groups in total. The molecule has 1 aliphatic heterocycles. The van der Waals surface area contributed by atoms with E-state index in [1.807, 2.05) is 4.90 Å². The zero-order valence-corrected chi connectivity index (χ0v) is 23.5. The maximum Gasteiger partial charge on any atom is 0.243 e. The van der Waals surface area contributed by atoms with Gasteiger partial charge in [-0.1, -0.05) is 31.3 Å². The fourth-order valence-electron chi connectivity index (χ4n) is 4.73. The summed E-state index contributed by atoms with van der Waals surface area (Å²) in [6.07, 6.45) is 0.869. The van der Waals surface area contributed by atoms with Crippen molar-refractivity contribution in [1.82, 2.24) is 14.2 Å². The molecular weight excluding hydrogens is 511 g/mol. The first kappa shape index (κ1) is 27.6. The van der Waals surface area contributed by atoms with Gasteiger partial charge in [0.2, 0.25) is 15.9 Å². The molecule has 200 valence electrons. The molecule has 1 fully saturated rings. The van der Waals surface area contributed by atoms with E-state index >= 15 is 0 Å². The summed E-state index contributed by atoms with van der Waals surface area (Å²) in [5.74, 6) is -0.765. The average molecular weight is 547 g/mol. The zero-order valence-electron chi connectivity index (χ0n) is 21.9. The number of likely N-dealkylation sites (N-methyl/N-ethyl adjacent to an activating group) is 1. The quantitative estimate of drug-likeness (QED) is 0.385. The van der Waals surface area contributed by atoms with E-state index in [2.05, 4.69) is 44.7 Å². The van der Waals surface area contributed by atoms with Crippen molar-refractivity contribution in [3.05, 3.63) is 53.3 Å². The highest BCUT2D eigenvalue weighted by Crippen LogP contribution is 2.34. The molecule has 7 nitrogen and oxygen atoms in total. The summed E-state index contributed by atoms with van der Waals surface area (Å²) in [4.78, 5) is 22.9. The minimum Gasteiger partial charge on any atom is -0.302 e. The Kier molecular flexibility index (Phi) is 8.63. The molecule has 0 saturated carbocycles. The standard InChI is InChI=1S/C27H35FN4O3S2/c1-5-30(6-2)17-18-32(27-29-25-20(4)19(3)7-12-24(25)36-27)26(33)21-13-15-31(16-14-21)37(34,35)23-10-8-22(28)9-11-23/h7-12,21H,5-6,13-18H2,1-4H3. The second-order valence-electron chi connectivity index (χ2n) is 9.50. The Bertz CT molecular complexity index is 1350. The molecule has 3 aromatic rings. The lowest BCUT2D eigenvalue weighted by atomic mass is 9.96. The van der Waals surface area contributed by atoms with Crippen LogP contribution in [-0.2, 0) is 14.8 Å². The molecule has 37 heavy (non-hydrogen) atoms. The number of carbonyl (C=O) groups is 1. The van der Waals surface area contributed by atoms with E-state index < -0.39 is 15.8 Å². The van der Waals surface area contributed by atoms with Crippen molar-refractivity contribution in [2.24, 2.45) is 5.92 Å². The van der Waals surface area contributed by atoms with Crippen molar-refractivity contribution in [3.63, 3.8) is 0 Å². The second-order valence-corrected chi connectivity index (χ2v) is 12.4. The minimum atomic E-state index is -3.73. The van der Waals surface area contributed by atoms with Crippen molar-refractivity contribution < 1.29 is 17.6 Å². The third kappa shape index (κ3) is 5.87. The molecule has 0 spiro atoms. The van der Waals surface area contributed by atoms with Gasteiger partial charge in [0.1, 0.15) is 5.82 Å². The van der Waals surface area contributed by atoms with Gasteiger partial charge in [0.25, 0.3) is 0 Å². The first-order valence-corrected chi connectivity index (χ1v) is 15.1. The van der Waals surface area contributed by atoms with Crippen LogP contribution in [-0.4, -0.2) is 67.8 Å². The minimum absolute atomic E-state index is 0.000539. The lowest BCUT2D eigenvalue weighted by Gasteiger charge is -2.33. The molecule has 0 aliphatic carbocycles. The Morgan fingerprint density at radius 3 is 2.32 bits per heavy atom. The van der Waals surface area contributed by atoms with E-state index in [9.17, 15) is 17.6 Å². The SMILES string of the molecule is CCN(CC)CCN(C(=O)C1CCN(S(=O)(=O)c2ccc(F)cc2)CC1)c1nc2c(C)c(C)ccc2s1. The van der Waals surface area contributed by atoms with Crippen LogP contribution in [0.5, 0.6) is 0 Å². The largest absolute Gasteiger partial charge is 0.302 e. The van der Waals surface area contributed by atoms with Crippen LogP contribution in [0.25, 0.3) is 10.2 Å². The molecule has 1 aliphatic rings. The van der Waals surface area contributed by atoms with E-state index in [1.165, 1.54) is 33.3 Å². The topological polar surface area (TPSA) is 73.8 Å². The van der Waals surface area contributed by atoms with Gasteiger partial charge in [0.05, 0.1) is 15.1 Å². The fourth-order valence-corrected chi connectivity index (χ4v) is 7.26. The smallest absolute Gasteiger partial charge is 0.243 e. The van der Waals surface area contributed by atoms with Gasteiger partial charge in [-0.25, -0.2) is 17.8 Å². The average Bonchev–Trinajstić information content (AvgIpc) is 3.33. The van der Waals surface area contributed by atoms with Gasteiger partial charge in [0.15, 0.2) is 5.13 Å². The second kappa shape index (κ2) is 11.6. The molecule has 1 saturated heterocycles. The highest BCUT2D eigenvalue weighted by Gasteiger charge is 2.35. The number of rotatable bonds is 9. The summed E-state index contributed by atoms with van der Waals surface area (Å²) >= 11 is 1.53. The number of thiazole rings is 1. The molecule has 0 radical (unpaired) electrons. The van der Waals surface area contributed by atoms with Crippen molar-refractivity contribution in [2.75, 3.05) is 44.2 Å². The third-order valence-corrected chi connectivity index (χ3v) is 10.3. The van der Waals surface area contributed by atoms with Crippen LogP contribution >= 0.6 is 11.3 Å². The highest BCUT2D eigenvalue weighted by molar-refractivity contribution is 7.89. The Labute approximate surface area is 223 Å². The summed E-state index contributed by atoms with van der Waals surface area (Å²) in [5.41, 5.74) is 3.22. The number of hydrogen-bond acceptors (Lipinski definition) is 6. The maximum absolute atomic E-state index is 13.8. The molecule has 2 aromatic carbocycles. The number of nitrogens with zero attached hydrogens (tertiary/aromatic N) is 4. The predicted octanol–water partition coefficient (Wildman–Crippen LogP) is 4.83. The van der Waals surface area contributed by atoms with Crippen LogP contribution in [0.15, 0.2) is 41.3 Å². The van der Waals surface area contributed by atoms with Gasteiger partial charge < -0.3 is 4.90 Å². The van der Waals surface area contributed by atoms with Crippen molar-refractivity contribution >= 4 is 42.6 Å². The van der Waals surface area contributed by atoms with E-state index in [1.54, 1.807) is 0 Å². The number of anilines is 1. The summed E-state index contributed by atoms with van der Waals surface area (Å²) in [6.45, 7) is 11.9. The number of halogens is 1. The Morgan fingerprint density at radius 2 is 1.70 bits per heavy atom. The molecule has 4 rings (SSSR count). The van der Waals surface area contributed by atoms with Gasteiger partial charge in [-0.2, -0.15) is 4.31 Å². The number of amides is 1. The molecular formula is C27H35FN4O3S2. The van der Waals surface area contributed by atoms with Crippen LogP contribution in [0, 0.1) is 25.6 Å². The van der Waals surface area contributed by atoms with Crippen LogP contribution in [0.1, 0.15) is 37.8 Å². The molecule has 10 heteroatoms. The normalized spacial score (nSPS) is 15.5. The van der Waals surface area contributed by atoms with E-state index in [4.69, 9.17) is 4.98 Å². The molecule has 2 heterocycles. The lowest BCUT2D eigenvalue weighted by Crippen LogP contribution is -2.46. The predicted molar refractivity (Wildman–Crippen MR) is 147 cm³/mol. The Morgan fingerprint density at radius 1 is 1.05 bits per heavy atom. The first-order valence-electron chi connectivity index (χ1n) is 12.8. The van der Waals surface area contributed by atoms with Gasteiger partial charge in [-0.05, 0) is 81.2 Å². The van der Waals surface area contributed by atoms with E-state index in [-0.39, 0.29) is 29.8 Å². The molecule has 0 atom stereocenters. The summed E-state index contributed by atoms with van der Waals surface area (Å²) in [6, 6.07) is 9.02. The van der Waals surface area contributed by atoms with Crippen LogP contribution in [0.3, 0.4) is 0 Å². The van der Waals surface area contributed by atoms with Gasteiger partial charge in [0, 0.05) is 32.1 Å². The summed E-state index contributed by atoms with van der Waals surface area (Å²) in [7, 11) is -3.73. The van der Waals surface area contributed by atoms with Crippen molar-refractivity contribution in [2.45, 2.75) is 45.4 Å². The number of aromatic nitrogens is 1. The Hall–Kier alpha value is -2.40. The molecule has 1 amide bonds. The number of benzene rings is 2. The number of aryl methyl sites for hydroxylation is 2. The molecule has 0 bridgehead atoms. The van der Waals surface area contributed by atoms with E-state index in [0.29, 0.717) is 24.5 Å². The number of sulfonamides is 1. The number of hydrogen-bond donors (Lipinski definition) is 0. The number of piperidine rings is 1. The Balaban J connectivity index is 1.54. The summed E-state index contributed by atoms with van der Waals surface area (Å²) < 4.78 is 41.8. The zero-order chi connectivity index (χ0) is 26.7.